The number of benzene rings is 1. The Balaban J connectivity index is 1.94. The number of primary amides is 1. The van der Waals surface area contributed by atoms with Crippen LogP contribution in [0.3, 0.4) is 0 Å². The molecule has 1 atom stereocenters. The highest BCUT2D eigenvalue weighted by Gasteiger charge is 2.33. The fourth-order valence-corrected chi connectivity index (χ4v) is 3.13. The number of carbonyl (C=O) groups excluding carboxylic acids is 1. The van der Waals surface area contributed by atoms with Gasteiger partial charge in [-0.1, -0.05) is 18.2 Å². The van der Waals surface area contributed by atoms with E-state index in [1.807, 2.05) is 4.90 Å². The molecule has 1 heterocycles. The van der Waals surface area contributed by atoms with Gasteiger partial charge in [-0.15, -0.1) is 0 Å². The zero-order valence-corrected chi connectivity index (χ0v) is 12.4. The maximum atomic E-state index is 13.0. The van der Waals surface area contributed by atoms with Crippen LogP contribution in [-0.2, 0) is 17.4 Å². The van der Waals surface area contributed by atoms with Crippen LogP contribution in [0, 0.1) is 5.92 Å². The summed E-state index contributed by atoms with van der Waals surface area (Å²) in [4.78, 5) is 13.0. The van der Waals surface area contributed by atoms with Crippen LogP contribution in [0.2, 0.25) is 0 Å². The first-order chi connectivity index (χ1) is 10.4. The third kappa shape index (κ3) is 4.73. The highest BCUT2D eigenvalue weighted by atomic mass is 19.4. The Morgan fingerprint density at radius 3 is 2.73 bits per heavy atom. The molecule has 2 rings (SSSR count). The summed E-state index contributed by atoms with van der Waals surface area (Å²) in [7, 11) is 0. The molecule has 1 amide bonds. The lowest BCUT2D eigenvalue weighted by atomic mass is 9.90. The normalized spacial score (nSPS) is 20.0. The SMILES string of the molecule is NC(=O)CN1CCCC(CCc2ccccc2C(F)(F)F)C1. The van der Waals surface area contributed by atoms with Gasteiger partial charge >= 0.3 is 6.18 Å². The van der Waals surface area contributed by atoms with Crippen molar-refractivity contribution in [1.29, 1.82) is 0 Å². The van der Waals surface area contributed by atoms with Crippen molar-refractivity contribution in [2.24, 2.45) is 11.7 Å². The number of nitrogens with two attached hydrogens (primary N) is 1. The summed E-state index contributed by atoms with van der Waals surface area (Å²) in [5.74, 6) is -0.0440. The number of hydrogen-bond acceptors (Lipinski definition) is 2. The molecule has 0 spiro atoms. The van der Waals surface area contributed by atoms with Gasteiger partial charge in [-0.3, -0.25) is 9.69 Å². The maximum Gasteiger partial charge on any atom is 0.416 e. The molecule has 0 aliphatic carbocycles. The predicted molar refractivity (Wildman–Crippen MR) is 78.1 cm³/mol. The molecule has 6 heteroatoms. The number of alkyl halides is 3. The van der Waals surface area contributed by atoms with Crippen LogP contribution >= 0.6 is 0 Å². The standard InChI is InChI=1S/C16H21F3N2O/c17-16(18,19)14-6-2-1-5-13(14)8-7-12-4-3-9-21(10-12)11-15(20)22/h1-2,5-6,12H,3-4,7-11H2,(H2,20,22). The van der Waals surface area contributed by atoms with E-state index in [1.165, 1.54) is 6.07 Å². The molecule has 3 nitrogen and oxygen atoms in total. The largest absolute Gasteiger partial charge is 0.416 e. The fourth-order valence-electron chi connectivity index (χ4n) is 3.13. The second kappa shape index (κ2) is 7.13. The summed E-state index contributed by atoms with van der Waals surface area (Å²) in [5, 5.41) is 0. The second-order valence-corrected chi connectivity index (χ2v) is 5.90. The van der Waals surface area contributed by atoms with Crippen LogP contribution in [0.5, 0.6) is 0 Å². The molecule has 22 heavy (non-hydrogen) atoms. The predicted octanol–water partition coefficient (Wildman–Crippen LogP) is 2.84. The van der Waals surface area contributed by atoms with Crippen molar-refractivity contribution in [2.45, 2.75) is 31.9 Å². The Bertz CT molecular complexity index is 516. The Hall–Kier alpha value is -1.56. The van der Waals surface area contributed by atoms with Gasteiger partial charge in [-0.2, -0.15) is 13.2 Å². The van der Waals surface area contributed by atoms with Crippen LogP contribution in [0.25, 0.3) is 0 Å². The smallest absolute Gasteiger partial charge is 0.369 e. The van der Waals surface area contributed by atoms with Crippen molar-refractivity contribution < 1.29 is 18.0 Å². The van der Waals surface area contributed by atoms with Crippen molar-refractivity contribution in [2.75, 3.05) is 19.6 Å². The minimum atomic E-state index is -4.30. The molecule has 1 aliphatic rings. The third-order valence-electron chi connectivity index (χ3n) is 4.13. The number of amides is 1. The average Bonchev–Trinajstić information content (AvgIpc) is 2.44. The summed E-state index contributed by atoms with van der Waals surface area (Å²) in [6.07, 6.45) is -1.25. The first kappa shape index (κ1) is 16.8. The average molecular weight is 314 g/mol. The molecule has 1 saturated heterocycles. The monoisotopic (exact) mass is 314 g/mol. The molecule has 1 fully saturated rings. The number of nitrogens with zero attached hydrogens (tertiary/aromatic N) is 1. The topological polar surface area (TPSA) is 46.3 Å². The maximum absolute atomic E-state index is 13.0. The lowest BCUT2D eigenvalue weighted by Gasteiger charge is -2.32. The second-order valence-electron chi connectivity index (χ2n) is 5.90. The van der Waals surface area contributed by atoms with Crippen molar-refractivity contribution in [1.82, 2.24) is 4.90 Å². The van der Waals surface area contributed by atoms with E-state index >= 15 is 0 Å². The van der Waals surface area contributed by atoms with Gasteiger partial charge in [0.05, 0.1) is 12.1 Å². The number of carbonyl (C=O) groups is 1. The lowest BCUT2D eigenvalue weighted by molar-refractivity contribution is -0.138. The molecule has 1 aromatic carbocycles. The Morgan fingerprint density at radius 2 is 2.05 bits per heavy atom. The molecule has 0 saturated carbocycles. The summed E-state index contributed by atoms with van der Waals surface area (Å²) < 4.78 is 38.9. The van der Waals surface area contributed by atoms with Gasteiger partial charge in [-0.25, -0.2) is 0 Å². The number of rotatable bonds is 5. The molecule has 0 aromatic heterocycles. The molecule has 0 bridgehead atoms. The van der Waals surface area contributed by atoms with Crippen LogP contribution in [0.4, 0.5) is 13.2 Å². The number of likely N-dealkylation sites (tertiary alicyclic amines) is 1. The molecular weight excluding hydrogens is 293 g/mol. The highest BCUT2D eigenvalue weighted by molar-refractivity contribution is 5.75. The van der Waals surface area contributed by atoms with E-state index in [1.54, 1.807) is 12.1 Å². The van der Waals surface area contributed by atoms with Gasteiger partial charge in [0.25, 0.3) is 0 Å². The first-order valence-corrected chi connectivity index (χ1v) is 7.52. The fraction of sp³-hybridized carbons (Fsp3) is 0.562. The zero-order chi connectivity index (χ0) is 16.2. The summed E-state index contributed by atoms with van der Waals surface area (Å²) in [6.45, 7) is 1.80. The van der Waals surface area contributed by atoms with Gasteiger partial charge in [0.15, 0.2) is 0 Å². The van der Waals surface area contributed by atoms with Crippen LogP contribution in [-0.4, -0.2) is 30.4 Å². The number of aryl methyl sites for hydroxylation is 1. The van der Waals surface area contributed by atoms with Crippen molar-refractivity contribution in [3.8, 4) is 0 Å². The molecule has 122 valence electrons. The molecule has 1 unspecified atom stereocenters. The quantitative estimate of drug-likeness (QED) is 0.908. The van der Waals surface area contributed by atoms with Crippen molar-refractivity contribution in [3.63, 3.8) is 0 Å². The first-order valence-electron chi connectivity index (χ1n) is 7.52. The van der Waals surface area contributed by atoms with Gasteiger partial charge in [-0.05, 0) is 49.8 Å². The van der Waals surface area contributed by atoms with Crippen LogP contribution in [0.1, 0.15) is 30.4 Å². The van der Waals surface area contributed by atoms with E-state index in [2.05, 4.69) is 0 Å². The van der Waals surface area contributed by atoms with Gasteiger partial charge in [0, 0.05) is 6.54 Å². The highest BCUT2D eigenvalue weighted by Crippen LogP contribution is 2.33. The van der Waals surface area contributed by atoms with Crippen molar-refractivity contribution >= 4 is 5.91 Å². The number of piperidine rings is 1. The minimum absolute atomic E-state index is 0.232. The molecule has 1 aromatic rings. The van der Waals surface area contributed by atoms with Gasteiger partial charge < -0.3 is 5.73 Å². The molecule has 0 radical (unpaired) electrons. The van der Waals surface area contributed by atoms with Crippen molar-refractivity contribution in [3.05, 3.63) is 35.4 Å². The molecule has 1 aliphatic heterocycles. The van der Waals surface area contributed by atoms with Crippen LogP contribution < -0.4 is 5.73 Å². The van der Waals surface area contributed by atoms with E-state index in [-0.39, 0.29) is 12.5 Å². The summed E-state index contributed by atoms with van der Waals surface area (Å²) in [6, 6.07) is 5.74. The molecular formula is C16H21F3N2O. The lowest BCUT2D eigenvalue weighted by Crippen LogP contribution is -2.40. The molecule has 2 N–H and O–H groups in total. The van der Waals surface area contributed by atoms with Gasteiger partial charge in [0.1, 0.15) is 0 Å². The number of halogens is 3. The van der Waals surface area contributed by atoms with E-state index < -0.39 is 11.7 Å². The summed E-state index contributed by atoms with van der Waals surface area (Å²) in [5.41, 5.74) is 5.00. The summed E-state index contributed by atoms with van der Waals surface area (Å²) >= 11 is 0. The van der Waals surface area contributed by atoms with E-state index in [9.17, 15) is 18.0 Å². The zero-order valence-electron chi connectivity index (χ0n) is 12.4. The van der Waals surface area contributed by atoms with E-state index in [0.29, 0.717) is 24.3 Å². The van der Waals surface area contributed by atoms with E-state index in [0.717, 1.165) is 32.0 Å². The third-order valence-corrected chi connectivity index (χ3v) is 4.13. The minimum Gasteiger partial charge on any atom is -0.369 e. The Kier molecular flexibility index (Phi) is 5.45. The Labute approximate surface area is 128 Å². The van der Waals surface area contributed by atoms with Gasteiger partial charge in [0.2, 0.25) is 5.91 Å². The van der Waals surface area contributed by atoms with E-state index in [4.69, 9.17) is 5.73 Å². The Morgan fingerprint density at radius 1 is 1.32 bits per heavy atom. The van der Waals surface area contributed by atoms with Crippen LogP contribution in [0.15, 0.2) is 24.3 Å². The number of hydrogen-bond donors (Lipinski definition) is 1.